The molecule has 0 fully saturated rings. The highest BCUT2D eigenvalue weighted by Crippen LogP contribution is 2.21. The molecule has 0 unspecified atom stereocenters. The summed E-state index contributed by atoms with van der Waals surface area (Å²) in [6, 6.07) is 15.2. The summed E-state index contributed by atoms with van der Waals surface area (Å²) >= 11 is 3.17. The van der Waals surface area contributed by atoms with Gasteiger partial charge in [0.2, 0.25) is 0 Å². The maximum atomic E-state index is 13.8. The summed E-state index contributed by atoms with van der Waals surface area (Å²) in [4.78, 5) is 12.2. The van der Waals surface area contributed by atoms with Gasteiger partial charge >= 0.3 is 0 Å². The van der Waals surface area contributed by atoms with Crippen molar-refractivity contribution in [1.29, 1.82) is 0 Å². The Morgan fingerprint density at radius 3 is 2.76 bits per heavy atom. The number of hydrogen-bond donors (Lipinski definition) is 1. The zero-order valence-corrected chi connectivity index (χ0v) is 15.0. The molecule has 0 aliphatic carbocycles. The SMILES string of the molecule is Cc1ccccc1OCc1ccc(C(=O)Nc2ccc(Br)cc2F)o1. The molecule has 0 radical (unpaired) electrons. The molecular weight excluding hydrogens is 389 g/mol. The molecule has 0 aliphatic rings. The van der Waals surface area contributed by atoms with Gasteiger partial charge in [-0.05, 0) is 48.9 Å². The Morgan fingerprint density at radius 2 is 2.00 bits per heavy atom. The highest BCUT2D eigenvalue weighted by molar-refractivity contribution is 9.10. The predicted molar refractivity (Wildman–Crippen MR) is 96.3 cm³/mol. The van der Waals surface area contributed by atoms with Crippen LogP contribution in [0.1, 0.15) is 21.9 Å². The molecule has 3 rings (SSSR count). The number of halogens is 2. The first-order chi connectivity index (χ1) is 12.0. The van der Waals surface area contributed by atoms with Crippen LogP contribution in [0, 0.1) is 12.7 Å². The van der Waals surface area contributed by atoms with E-state index < -0.39 is 11.7 Å². The van der Waals surface area contributed by atoms with E-state index in [-0.39, 0.29) is 18.1 Å². The van der Waals surface area contributed by atoms with Gasteiger partial charge in [-0.2, -0.15) is 0 Å². The second kappa shape index (κ2) is 7.53. The topological polar surface area (TPSA) is 51.5 Å². The normalized spacial score (nSPS) is 10.5. The van der Waals surface area contributed by atoms with Crippen molar-refractivity contribution < 1.29 is 18.3 Å². The second-order valence-electron chi connectivity index (χ2n) is 5.40. The number of hydrogen-bond acceptors (Lipinski definition) is 3. The van der Waals surface area contributed by atoms with Gasteiger partial charge in [0.15, 0.2) is 5.76 Å². The van der Waals surface area contributed by atoms with Gasteiger partial charge in [-0.3, -0.25) is 4.79 Å². The molecule has 0 spiro atoms. The monoisotopic (exact) mass is 403 g/mol. The summed E-state index contributed by atoms with van der Waals surface area (Å²) in [5, 5.41) is 2.48. The standard InChI is InChI=1S/C19H15BrFNO3/c1-12-4-2-3-5-17(12)24-11-14-7-9-18(25-14)19(23)22-16-8-6-13(20)10-15(16)21/h2-10H,11H2,1H3,(H,22,23). The largest absolute Gasteiger partial charge is 0.485 e. The van der Waals surface area contributed by atoms with E-state index in [1.54, 1.807) is 12.1 Å². The molecule has 1 amide bonds. The molecule has 3 aromatic rings. The molecule has 6 heteroatoms. The smallest absolute Gasteiger partial charge is 0.291 e. The quantitative estimate of drug-likeness (QED) is 0.626. The van der Waals surface area contributed by atoms with Gasteiger partial charge in [0.1, 0.15) is 23.9 Å². The minimum absolute atomic E-state index is 0.0855. The average Bonchev–Trinajstić information content (AvgIpc) is 3.06. The molecule has 1 aromatic heterocycles. The molecule has 25 heavy (non-hydrogen) atoms. The van der Waals surface area contributed by atoms with Crippen LogP contribution in [0.3, 0.4) is 0 Å². The highest BCUT2D eigenvalue weighted by Gasteiger charge is 2.14. The number of ether oxygens (including phenoxy) is 1. The van der Waals surface area contributed by atoms with Crippen LogP contribution in [0.2, 0.25) is 0 Å². The summed E-state index contributed by atoms with van der Waals surface area (Å²) < 4.78 is 25.5. The first kappa shape index (κ1) is 17.2. The highest BCUT2D eigenvalue weighted by atomic mass is 79.9. The van der Waals surface area contributed by atoms with Gasteiger partial charge in [0, 0.05) is 4.47 Å². The van der Waals surface area contributed by atoms with Gasteiger partial charge in [0.05, 0.1) is 5.69 Å². The fourth-order valence-corrected chi connectivity index (χ4v) is 2.55. The number of furan rings is 1. The molecule has 0 saturated carbocycles. The Hall–Kier alpha value is -2.60. The van der Waals surface area contributed by atoms with Crippen molar-refractivity contribution in [3.8, 4) is 5.75 Å². The van der Waals surface area contributed by atoms with Crippen molar-refractivity contribution in [2.24, 2.45) is 0 Å². The number of para-hydroxylation sites is 1. The van der Waals surface area contributed by atoms with E-state index >= 15 is 0 Å². The Labute approximate surface area is 152 Å². The van der Waals surface area contributed by atoms with Crippen molar-refractivity contribution in [3.05, 3.63) is 82.0 Å². The predicted octanol–water partition coefficient (Wildman–Crippen LogP) is 5.32. The van der Waals surface area contributed by atoms with Gasteiger partial charge in [-0.25, -0.2) is 4.39 Å². The maximum Gasteiger partial charge on any atom is 0.291 e. The minimum Gasteiger partial charge on any atom is -0.485 e. The lowest BCUT2D eigenvalue weighted by molar-refractivity contribution is 0.0992. The fraction of sp³-hybridized carbons (Fsp3) is 0.105. The van der Waals surface area contributed by atoms with Crippen LogP contribution in [-0.4, -0.2) is 5.91 Å². The van der Waals surface area contributed by atoms with Crippen molar-refractivity contribution in [2.75, 3.05) is 5.32 Å². The number of carbonyl (C=O) groups excluding carboxylic acids is 1. The zero-order valence-electron chi connectivity index (χ0n) is 13.4. The fourth-order valence-electron chi connectivity index (χ4n) is 2.22. The lowest BCUT2D eigenvalue weighted by Gasteiger charge is -2.07. The van der Waals surface area contributed by atoms with Crippen molar-refractivity contribution >= 4 is 27.5 Å². The summed E-state index contributed by atoms with van der Waals surface area (Å²) in [5.41, 5.74) is 1.10. The van der Waals surface area contributed by atoms with Gasteiger partial charge in [-0.1, -0.05) is 34.1 Å². The van der Waals surface area contributed by atoms with Crippen molar-refractivity contribution in [1.82, 2.24) is 0 Å². The Morgan fingerprint density at radius 1 is 1.20 bits per heavy atom. The molecule has 0 atom stereocenters. The lowest BCUT2D eigenvalue weighted by Crippen LogP contribution is -2.12. The molecule has 2 aromatic carbocycles. The van der Waals surface area contributed by atoms with E-state index in [0.29, 0.717) is 10.2 Å². The summed E-state index contributed by atoms with van der Waals surface area (Å²) in [6.45, 7) is 2.15. The Bertz CT molecular complexity index is 907. The molecule has 1 N–H and O–H groups in total. The number of anilines is 1. The number of benzene rings is 2. The number of amides is 1. The second-order valence-corrected chi connectivity index (χ2v) is 6.31. The maximum absolute atomic E-state index is 13.8. The third-order valence-corrected chi connectivity index (χ3v) is 4.02. The van der Waals surface area contributed by atoms with Crippen LogP contribution in [0.4, 0.5) is 10.1 Å². The molecule has 0 saturated heterocycles. The van der Waals surface area contributed by atoms with Crippen molar-refractivity contribution in [3.63, 3.8) is 0 Å². The third-order valence-electron chi connectivity index (χ3n) is 3.53. The van der Waals surface area contributed by atoms with Gasteiger partial charge in [0.25, 0.3) is 5.91 Å². The van der Waals surface area contributed by atoms with E-state index in [1.807, 2.05) is 31.2 Å². The van der Waals surface area contributed by atoms with Crippen LogP contribution in [0.15, 0.2) is 63.5 Å². The molecule has 0 bridgehead atoms. The summed E-state index contributed by atoms with van der Waals surface area (Å²) in [6.07, 6.45) is 0. The summed E-state index contributed by atoms with van der Waals surface area (Å²) in [7, 11) is 0. The van der Waals surface area contributed by atoms with Crippen LogP contribution in [-0.2, 0) is 6.61 Å². The summed E-state index contributed by atoms with van der Waals surface area (Å²) in [5.74, 6) is 0.290. The number of carbonyl (C=O) groups is 1. The number of nitrogens with one attached hydrogen (secondary N) is 1. The van der Waals surface area contributed by atoms with Crippen LogP contribution in [0.5, 0.6) is 5.75 Å². The lowest BCUT2D eigenvalue weighted by atomic mass is 10.2. The van der Waals surface area contributed by atoms with Crippen LogP contribution >= 0.6 is 15.9 Å². The first-order valence-electron chi connectivity index (χ1n) is 7.56. The van der Waals surface area contributed by atoms with E-state index in [4.69, 9.17) is 9.15 Å². The molecule has 0 aliphatic heterocycles. The first-order valence-corrected chi connectivity index (χ1v) is 8.36. The Kier molecular flexibility index (Phi) is 5.19. The van der Waals surface area contributed by atoms with Crippen molar-refractivity contribution in [2.45, 2.75) is 13.5 Å². The Balaban J connectivity index is 1.64. The van der Waals surface area contributed by atoms with E-state index in [1.165, 1.54) is 18.2 Å². The molecular formula is C19H15BrFNO3. The number of aryl methyl sites for hydroxylation is 1. The molecule has 4 nitrogen and oxygen atoms in total. The van der Waals surface area contributed by atoms with Gasteiger partial charge < -0.3 is 14.5 Å². The third kappa shape index (κ3) is 4.28. The van der Waals surface area contributed by atoms with Crippen LogP contribution in [0.25, 0.3) is 0 Å². The van der Waals surface area contributed by atoms with E-state index in [2.05, 4.69) is 21.2 Å². The zero-order chi connectivity index (χ0) is 17.8. The average molecular weight is 404 g/mol. The molecule has 128 valence electrons. The molecule has 1 heterocycles. The van der Waals surface area contributed by atoms with Crippen LogP contribution < -0.4 is 10.1 Å². The van der Waals surface area contributed by atoms with E-state index in [0.717, 1.165) is 11.3 Å². The number of rotatable bonds is 5. The minimum atomic E-state index is -0.530. The van der Waals surface area contributed by atoms with E-state index in [9.17, 15) is 9.18 Å². The van der Waals surface area contributed by atoms with Gasteiger partial charge in [-0.15, -0.1) is 0 Å².